The molecule has 1 aliphatic rings. The molecule has 0 radical (unpaired) electrons. The fourth-order valence-electron chi connectivity index (χ4n) is 3.32. The van der Waals surface area contributed by atoms with Gasteiger partial charge in [0.1, 0.15) is 0 Å². The second-order valence-electron chi connectivity index (χ2n) is 6.88. The van der Waals surface area contributed by atoms with Gasteiger partial charge in [-0.25, -0.2) is 4.21 Å². The number of rotatable bonds is 7. The summed E-state index contributed by atoms with van der Waals surface area (Å²) >= 11 is 0. The fourth-order valence-corrected chi connectivity index (χ4v) is 5.69. The number of ketones is 2. The molecule has 0 saturated heterocycles. The van der Waals surface area contributed by atoms with E-state index in [1.54, 1.807) is 42.5 Å². The summed E-state index contributed by atoms with van der Waals surface area (Å²) in [5, 5.41) is 0. The zero-order valence-electron chi connectivity index (χ0n) is 15.9. The van der Waals surface area contributed by atoms with Gasteiger partial charge in [-0.3, -0.25) is 9.59 Å². The van der Waals surface area contributed by atoms with Crippen LogP contribution in [-0.2, 0) is 9.73 Å². The third-order valence-corrected chi connectivity index (χ3v) is 7.21. The zero-order valence-corrected chi connectivity index (χ0v) is 16.7. The number of carbonyl (C=O) groups is 2. The van der Waals surface area contributed by atoms with Crippen molar-refractivity contribution in [3.8, 4) is 0 Å². The van der Waals surface area contributed by atoms with Gasteiger partial charge < -0.3 is 0 Å². The molecule has 0 aromatic heterocycles. The van der Waals surface area contributed by atoms with E-state index in [1.165, 1.54) is 0 Å². The summed E-state index contributed by atoms with van der Waals surface area (Å²) < 4.78 is 18.0. The highest BCUT2D eigenvalue weighted by atomic mass is 32.2. The highest BCUT2D eigenvalue weighted by Crippen LogP contribution is 2.34. The van der Waals surface area contributed by atoms with Crippen molar-refractivity contribution < 1.29 is 13.8 Å². The normalized spacial score (nSPS) is 13.3. The predicted molar refractivity (Wildman–Crippen MR) is 110 cm³/mol. The summed E-state index contributed by atoms with van der Waals surface area (Å²) in [6.45, 7) is 4.12. The largest absolute Gasteiger partial charge is 0.289 e. The predicted octanol–water partition coefficient (Wildman–Crippen LogP) is 5.16. The van der Waals surface area contributed by atoms with E-state index in [9.17, 15) is 13.8 Å². The summed E-state index contributed by atoms with van der Waals surface area (Å²) in [5.41, 5.74) is 1.85. The van der Waals surface area contributed by atoms with Gasteiger partial charge in [-0.15, -0.1) is 0 Å². The summed E-state index contributed by atoms with van der Waals surface area (Å²) in [6, 6.07) is 11.9. The molecule has 5 heteroatoms. The maximum Gasteiger partial charge on any atom is 0.196 e. The summed E-state index contributed by atoms with van der Waals surface area (Å²) in [4.78, 5) is 25.9. The van der Waals surface area contributed by atoms with E-state index < -0.39 is 9.73 Å². The van der Waals surface area contributed by atoms with Crippen LogP contribution in [-0.4, -0.2) is 27.3 Å². The second kappa shape index (κ2) is 8.17. The third-order valence-electron chi connectivity index (χ3n) is 4.83. The van der Waals surface area contributed by atoms with Crippen molar-refractivity contribution in [2.45, 2.75) is 39.5 Å². The monoisotopic (exact) mass is 383 g/mol. The molecule has 0 spiro atoms. The van der Waals surface area contributed by atoms with Gasteiger partial charge >= 0.3 is 0 Å². The van der Waals surface area contributed by atoms with E-state index in [1.807, 2.05) is 0 Å². The van der Waals surface area contributed by atoms with Crippen LogP contribution in [0.4, 0.5) is 5.69 Å². The van der Waals surface area contributed by atoms with Crippen molar-refractivity contribution in [1.29, 1.82) is 0 Å². The van der Waals surface area contributed by atoms with E-state index in [2.05, 4.69) is 18.2 Å². The average Bonchev–Trinajstić information content (AvgIpc) is 2.69. The fraction of sp³-hybridized carbons (Fsp3) is 0.364. The lowest BCUT2D eigenvalue weighted by Gasteiger charge is -2.19. The molecule has 2 aromatic carbocycles. The number of hydrogen-bond donors (Lipinski definition) is 0. The van der Waals surface area contributed by atoms with Crippen LogP contribution >= 0.6 is 0 Å². The molecule has 142 valence electrons. The second-order valence-corrected chi connectivity index (χ2v) is 9.43. The molecule has 0 unspecified atom stereocenters. The molecule has 0 heterocycles. The summed E-state index contributed by atoms with van der Waals surface area (Å²) in [6.07, 6.45) is 3.54. The Balaban J connectivity index is 2.15. The topological polar surface area (TPSA) is 63.6 Å². The smallest absolute Gasteiger partial charge is 0.196 e. The van der Waals surface area contributed by atoms with Gasteiger partial charge in [0.15, 0.2) is 11.6 Å². The van der Waals surface area contributed by atoms with Crippen molar-refractivity contribution in [2.24, 2.45) is 4.36 Å². The van der Waals surface area contributed by atoms with Crippen molar-refractivity contribution in [2.75, 3.05) is 11.5 Å². The molecular weight excluding hydrogens is 358 g/mol. The molecule has 0 bridgehead atoms. The maximum atomic E-state index is 13.4. The summed E-state index contributed by atoms with van der Waals surface area (Å²) in [5.74, 6) is 0.649. The number of fused-ring (bicyclic) bond motifs is 2. The minimum Gasteiger partial charge on any atom is -0.289 e. The maximum absolute atomic E-state index is 13.4. The molecule has 3 rings (SSSR count). The van der Waals surface area contributed by atoms with Gasteiger partial charge in [-0.2, -0.15) is 4.36 Å². The van der Waals surface area contributed by atoms with Crippen molar-refractivity contribution in [1.82, 2.24) is 0 Å². The summed E-state index contributed by atoms with van der Waals surface area (Å²) in [7, 11) is -2.46. The van der Waals surface area contributed by atoms with E-state index >= 15 is 0 Å². The van der Waals surface area contributed by atoms with Gasteiger partial charge in [0.25, 0.3) is 0 Å². The van der Waals surface area contributed by atoms with Gasteiger partial charge in [0.05, 0.1) is 21.0 Å². The first-order chi connectivity index (χ1) is 13.0. The Morgan fingerprint density at radius 1 is 0.778 bits per heavy atom. The van der Waals surface area contributed by atoms with Gasteiger partial charge in [-0.05, 0) is 18.9 Å². The molecule has 0 saturated carbocycles. The standard InChI is InChI=1S/C22H25NO3S/c1-3-5-14-27(26,15-6-4-2)23-19-13-9-12-18-20(19)22(25)17-11-8-7-10-16(17)21(18)24/h7-13H,3-6,14-15H2,1-2H3. The highest BCUT2D eigenvalue weighted by Gasteiger charge is 2.31. The van der Waals surface area contributed by atoms with Crippen molar-refractivity contribution >= 4 is 27.0 Å². The Hall–Kier alpha value is -2.27. The molecule has 0 N–H and O–H groups in total. The van der Waals surface area contributed by atoms with E-state index in [4.69, 9.17) is 0 Å². The quantitative estimate of drug-likeness (QED) is 0.566. The molecule has 0 aliphatic heterocycles. The molecule has 0 amide bonds. The van der Waals surface area contributed by atoms with Crippen LogP contribution in [0.3, 0.4) is 0 Å². The van der Waals surface area contributed by atoms with Crippen LogP contribution in [0.15, 0.2) is 46.8 Å². The molecular formula is C22H25NO3S. The minimum atomic E-state index is -2.46. The lowest BCUT2D eigenvalue weighted by molar-refractivity contribution is 0.0979. The molecule has 0 atom stereocenters. The van der Waals surface area contributed by atoms with Crippen LogP contribution in [0.5, 0.6) is 0 Å². The first kappa shape index (κ1) is 19.5. The number of benzene rings is 2. The Morgan fingerprint density at radius 3 is 1.93 bits per heavy atom. The number of nitrogens with zero attached hydrogens (tertiary/aromatic N) is 1. The molecule has 4 nitrogen and oxygen atoms in total. The zero-order chi connectivity index (χ0) is 19.4. The van der Waals surface area contributed by atoms with Crippen molar-refractivity contribution in [3.05, 3.63) is 64.7 Å². The molecule has 1 aliphatic carbocycles. The molecule has 27 heavy (non-hydrogen) atoms. The molecule has 0 fully saturated rings. The lowest BCUT2D eigenvalue weighted by Crippen LogP contribution is -2.21. The Morgan fingerprint density at radius 2 is 1.33 bits per heavy atom. The average molecular weight is 384 g/mol. The van der Waals surface area contributed by atoms with Crippen LogP contribution < -0.4 is 0 Å². The van der Waals surface area contributed by atoms with E-state index in [-0.39, 0.29) is 11.6 Å². The van der Waals surface area contributed by atoms with Crippen LogP contribution in [0.25, 0.3) is 0 Å². The van der Waals surface area contributed by atoms with Gasteiger partial charge in [0, 0.05) is 28.2 Å². The van der Waals surface area contributed by atoms with Gasteiger partial charge in [0.2, 0.25) is 0 Å². The van der Waals surface area contributed by atoms with Crippen LogP contribution in [0, 0.1) is 0 Å². The first-order valence-electron chi connectivity index (χ1n) is 9.54. The SMILES string of the molecule is CCCCS(=O)(CCCC)=Nc1cccc2c1C(=O)c1ccccc1C2=O. The number of hydrogen-bond acceptors (Lipinski definition) is 4. The number of unbranched alkanes of at least 4 members (excludes halogenated alkanes) is 2. The first-order valence-corrected chi connectivity index (χ1v) is 11.4. The molecule has 2 aromatic rings. The Kier molecular flexibility index (Phi) is 5.90. The highest BCUT2D eigenvalue weighted by molar-refractivity contribution is 7.93. The Labute approximate surface area is 161 Å². The van der Waals surface area contributed by atoms with Crippen LogP contribution in [0.2, 0.25) is 0 Å². The van der Waals surface area contributed by atoms with Gasteiger partial charge in [-0.1, -0.05) is 63.1 Å². The lowest BCUT2D eigenvalue weighted by atomic mass is 9.83. The van der Waals surface area contributed by atoms with E-state index in [0.717, 1.165) is 25.7 Å². The minimum absolute atomic E-state index is 0.175. The number of carbonyl (C=O) groups excluding carboxylic acids is 2. The van der Waals surface area contributed by atoms with E-state index in [0.29, 0.717) is 39.4 Å². The van der Waals surface area contributed by atoms with Crippen LogP contribution in [0.1, 0.15) is 71.4 Å². The Bertz CT molecular complexity index is 986. The van der Waals surface area contributed by atoms with Crippen molar-refractivity contribution in [3.63, 3.8) is 0 Å². The third kappa shape index (κ3) is 3.88.